The fourth-order valence-electron chi connectivity index (χ4n) is 3.32. The number of nitrogens with one attached hydrogen (secondary N) is 1. The van der Waals surface area contributed by atoms with Gasteiger partial charge in [0.05, 0.1) is 13.2 Å². The largest absolute Gasteiger partial charge is 0.493 e. The van der Waals surface area contributed by atoms with Gasteiger partial charge in [-0.3, -0.25) is 4.79 Å². The lowest BCUT2D eigenvalue weighted by Gasteiger charge is -2.35. The highest BCUT2D eigenvalue weighted by Crippen LogP contribution is 2.41. The van der Waals surface area contributed by atoms with Crippen LogP contribution in [0.25, 0.3) is 0 Å². The Hall–Kier alpha value is -1.95. The first kappa shape index (κ1) is 16.9. The average molecular weight is 334 g/mol. The van der Waals surface area contributed by atoms with Gasteiger partial charge in [0.2, 0.25) is 18.4 Å². The van der Waals surface area contributed by atoms with Crippen LogP contribution in [-0.4, -0.2) is 43.3 Å². The smallest absolute Gasteiger partial charge is 0.239 e. The zero-order valence-electron chi connectivity index (χ0n) is 14.6. The molecule has 2 aliphatic heterocycles. The Labute approximate surface area is 143 Å². The van der Waals surface area contributed by atoms with Crippen LogP contribution >= 0.6 is 0 Å². The molecule has 0 aliphatic carbocycles. The molecule has 1 N–H and O–H groups in total. The van der Waals surface area contributed by atoms with Gasteiger partial charge in [0.25, 0.3) is 0 Å². The van der Waals surface area contributed by atoms with Crippen LogP contribution in [0.5, 0.6) is 17.2 Å². The van der Waals surface area contributed by atoms with Gasteiger partial charge in [0, 0.05) is 19.1 Å². The fourth-order valence-corrected chi connectivity index (χ4v) is 3.32. The molecule has 1 amide bonds. The number of ether oxygens (including phenoxy) is 3. The lowest BCUT2D eigenvalue weighted by atomic mass is 10.0. The van der Waals surface area contributed by atoms with Gasteiger partial charge < -0.3 is 24.4 Å². The van der Waals surface area contributed by atoms with Gasteiger partial charge in [-0.2, -0.15) is 0 Å². The second-order valence-corrected chi connectivity index (χ2v) is 6.51. The number of nitrogens with zero attached hydrogens (tertiary/aromatic N) is 1. The molecule has 1 aromatic rings. The van der Waals surface area contributed by atoms with Crippen molar-refractivity contribution in [1.82, 2.24) is 10.2 Å². The number of rotatable bonds is 5. The molecule has 2 atom stereocenters. The quantitative estimate of drug-likeness (QED) is 0.895. The number of fused-ring (bicyclic) bond motifs is 1. The molecule has 2 aliphatic rings. The molecule has 0 bridgehead atoms. The fraction of sp³-hybridized carbons (Fsp3) is 0.611. The van der Waals surface area contributed by atoms with Gasteiger partial charge in [-0.25, -0.2) is 0 Å². The first-order valence-electron chi connectivity index (χ1n) is 8.60. The molecule has 0 spiro atoms. The van der Waals surface area contributed by atoms with Crippen molar-refractivity contribution in [3.8, 4) is 17.2 Å². The van der Waals surface area contributed by atoms with Crippen LogP contribution in [0.2, 0.25) is 0 Å². The molecule has 1 aromatic carbocycles. The van der Waals surface area contributed by atoms with Crippen molar-refractivity contribution in [3.63, 3.8) is 0 Å². The third-order valence-corrected chi connectivity index (χ3v) is 4.79. The van der Waals surface area contributed by atoms with Crippen molar-refractivity contribution in [2.24, 2.45) is 0 Å². The summed E-state index contributed by atoms with van der Waals surface area (Å²) in [5.41, 5.74) is 1.00. The Balaban J connectivity index is 1.62. The van der Waals surface area contributed by atoms with E-state index in [4.69, 9.17) is 14.2 Å². The SMILES string of the molecule is COc1cc(CN[C@H](C)C(=O)N2CCCC[C@H]2C)cc2c1OCO2. The Kier molecular flexibility index (Phi) is 5.14. The molecule has 0 saturated carbocycles. The first-order chi connectivity index (χ1) is 11.6. The van der Waals surface area contributed by atoms with Crippen molar-refractivity contribution in [2.45, 2.75) is 51.7 Å². The maximum atomic E-state index is 12.6. The predicted octanol–water partition coefficient (Wildman–Crippen LogP) is 2.30. The standard InChI is InChI=1S/C18H26N2O4/c1-12-6-4-5-7-20(12)18(21)13(2)19-10-14-8-15(22-3)17-16(9-14)23-11-24-17/h8-9,12-13,19H,4-7,10-11H2,1-3H3/t12-,13-/m1/s1. The zero-order valence-corrected chi connectivity index (χ0v) is 14.6. The summed E-state index contributed by atoms with van der Waals surface area (Å²) in [4.78, 5) is 14.6. The summed E-state index contributed by atoms with van der Waals surface area (Å²) in [6.07, 6.45) is 3.41. The van der Waals surface area contributed by atoms with E-state index in [9.17, 15) is 4.79 Å². The summed E-state index contributed by atoms with van der Waals surface area (Å²) in [6.45, 7) is 5.71. The highest BCUT2D eigenvalue weighted by atomic mass is 16.7. The van der Waals surface area contributed by atoms with E-state index in [-0.39, 0.29) is 18.7 Å². The number of carbonyl (C=O) groups is 1. The summed E-state index contributed by atoms with van der Waals surface area (Å²) in [5.74, 6) is 2.17. The topological polar surface area (TPSA) is 60.0 Å². The minimum atomic E-state index is -0.220. The van der Waals surface area contributed by atoms with E-state index in [1.54, 1.807) is 7.11 Å². The van der Waals surface area contributed by atoms with Crippen molar-refractivity contribution in [1.29, 1.82) is 0 Å². The van der Waals surface area contributed by atoms with E-state index in [0.717, 1.165) is 24.9 Å². The summed E-state index contributed by atoms with van der Waals surface area (Å²) in [6, 6.07) is 3.96. The number of likely N-dealkylation sites (tertiary alicyclic amines) is 1. The molecule has 6 nitrogen and oxygen atoms in total. The second-order valence-electron chi connectivity index (χ2n) is 6.51. The van der Waals surface area contributed by atoms with E-state index in [2.05, 4.69) is 12.2 Å². The van der Waals surface area contributed by atoms with Crippen LogP contribution < -0.4 is 19.5 Å². The van der Waals surface area contributed by atoms with Gasteiger partial charge in [-0.05, 0) is 50.8 Å². The Morgan fingerprint density at radius 2 is 2.25 bits per heavy atom. The second kappa shape index (κ2) is 7.30. The van der Waals surface area contributed by atoms with Crippen LogP contribution in [0.4, 0.5) is 0 Å². The molecular weight excluding hydrogens is 308 g/mol. The lowest BCUT2D eigenvalue weighted by molar-refractivity contribution is -0.136. The molecule has 0 aromatic heterocycles. The molecule has 0 radical (unpaired) electrons. The van der Waals surface area contributed by atoms with Crippen LogP contribution in [0.1, 0.15) is 38.7 Å². The van der Waals surface area contributed by atoms with Crippen molar-refractivity contribution in [3.05, 3.63) is 17.7 Å². The number of amides is 1. The van der Waals surface area contributed by atoms with Gasteiger partial charge >= 0.3 is 0 Å². The summed E-state index contributed by atoms with van der Waals surface area (Å²) < 4.78 is 16.2. The molecule has 3 rings (SSSR count). The van der Waals surface area contributed by atoms with E-state index in [0.29, 0.717) is 29.8 Å². The third-order valence-electron chi connectivity index (χ3n) is 4.79. The van der Waals surface area contributed by atoms with Crippen LogP contribution in [0, 0.1) is 0 Å². The zero-order chi connectivity index (χ0) is 17.1. The van der Waals surface area contributed by atoms with E-state index in [1.165, 1.54) is 6.42 Å². The third kappa shape index (κ3) is 3.43. The van der Waals surface area contributed by atoms with Crippen LogP contribution in [0.15, 0.2) is 12.1 Å². The monoisotopic (exact) mass is 334 g/mol. The van der Waals surface area contributed by atoms with E-state index >= 15 is 0 Å². The molecule has 6 heteroatoms. The molecule has 24 heavy (non-hydrogen) atoms. The highest BCUT2D eigenvalue weighted by Gasteiger charge is 2.27. The number of piperidine rings is 1. The van der Waals surface area contributed by atoms with Crippen molar-refractivity contribution >= 4 is 5.91 Å². The summed E-state index contributed by atoms with van der Waals surface area (Å²) in [7, 11) is 1.61. The van der Waals surface area contributed by atoms with Crippen molar-refractivity contribution < 1.29 is 19.0 Å². The number of hydrogen-bond acceptors (Lipinski definition) is 5. The van der Waals surface area contributed by atoms with Crippen LogP contribution in [0.3, 0.4) is 0 Å². The Morgan fingerprint density at radius 1 is 1.42 bits per heavy atom. The Morgan fingerprint density at radius 3 is 3.00 bits per heavy atom. The molecule has 132 valence electrons. The number of hydrogen-bond donors (Lipinski definition) is 1. The molecule has 2 heterocycles. The summed E-state index contributed by atoms with van der Waals surface area (Å²) >= 11 is 0. The first-order valence-corrected chi connectivity index (χ1v) is 8.60. The maximum absolute atomic E-state index is 12.6. The molecule has 1 saturated heterocycles. The Bertz CT molecular complexity index is 605. The minimum Gasteiger partial charge on any atom is -0.493 e. The highest BCUT2D eigenvalue weighted by molar-refractivity contribution is 5.81. The summed E-state index contributed by atoms with van der Waals surface area (Å²) in [5, 5.41) is 3.32. The van der Waals surface area contributed by atoms with Gasteiger partial charge in [-0.15, -0.1) is 0 Å². The van der Waals surface area contributed by atoms with E-state index in [1.807, 2.05) is 24.0 Å². The average Bonchev–Trinajstić information content (AvgIpc) is 3.07. The number of benzene rings is 1. The minimum absolute atomic E-state index is 0.176. The van der Waals surface area contributed by atoms with Gasteiger partial charge in [-0.1, -0.05) is 0 Å². The molecule has 0 unspecified atom stereocenters. The van der Waals surface area contributed by atoms with Crippen LogP contribution in [-0.2, 0) is 11.3 Å². The van der Waals surface area contributed by atoms with Crippen molar-refractivity contribution in [2.75, 3.05) is 20.4 Å². The van der Waals surface area contributed by atoms with Gasteiger partial charge in [0.1, 0.15) is 0 Å². The lowest BCUT2D eigenvalue weighted by Crippen LogP contribution is -2.50. The number of carbonyl (C=O) groups excluding carboxylic acids is 1. The number of methoxy groups -OCH3 is 1. The van der Waals surface area contributed by atoms with E-state index < -0.39 is 0 Å². The normalized spacial score (nSPS) is 20.8. The molecular formula is C18H26N2O4. The van der Waals surface area contributed by atoms with Gasteiger partial charge in [0.15, 0.2) is 11.5 Å². The maximum Gasteiger partial charge on any atom is 0.239 e. The molecule has 1 fully saturated rings. The predicted molar refractivity (Wildman–Crippen MR) is 90.4 cm³/mol.